The highest BCUT2D eigenvalue weighted by atomic mass is 16.2. The molecule has 0 atom stereocenters. The lowest BCUT2D eigenvalue weighted by Crippen LogP contribution is -2.34. The van der Waals surface area contributed by atoms with Crippen molar-refractivity contribution in [1.82, 2.24) is 19.9 Å². The summed E-state index contributed by atoms with van der Waals surface area (Å²) in [5, 5.41) is 1.03. The van der Waals surface area contributed by atoms with E-state index < -0.39 is 0 Å². The van der Waals surface area contributed by atoms with Crippen LogP contribution >= 0.6 is 0 Å². The number of carbonyl (C=O) groups excluding carboxylic acids is 1. The molecule has 26 heavy (non-hydrogen) atoms. The summed E-state index contributed by atoms with van der Waals surface area (Å²) >= 11 is 0. The first-order valence-corrected chi connectivity index (χ1v) is 8.73. The predicted octanol–water partition coefficient (Wildman–Crippen LogP) is 3.39. The van der Waals surface area contributed by atoms with Gasteiger partial charge in [0, 0.05) is 42.6 Å². The molecule has 0 spiro atoms. The van der Waals surface area contributed by atoms with Gasteiger partial charge >= 0.3 is 0 Å². The number of hydrogen-bond acceptors (Lipinski definition) is 4. The Hall–Kier alpha value is -3.15. The topological polar surface area (TPSA) is 87.9 Å². The van der Waals surface area contributed by atoms with Crippen molar-refractivity contribution in [3.05, 3.63) is 55.6 Å². The van der Waals surface area contributed by atoms with E-state index in [-0.39, 0.29) is 5.91 Å². The number of anilines is 1. The summed E-state index contributed by atoms with van der Waals surface area (Å²) in [4.78, 5) is 24.2. The molecule has 1 amide bonds. The van der Waals surface area contributed by atoms with Gasteiger partial charge in [-0.1, -0.05) is 6.58 Å². The molecule has 6 heteroatoms. The van der Waals surface area contributed by atoms with Gasteiger partial charge in [0.15, 0.2) is 0 Å². The van der Waals surface area contributed by atoms with Crippen molar-refractivity contribution < 1.29 is 4.79 Å². The maximum absolute atomic E-state index is 11.0. The maximum atomic E-state index is 11.0. The van der Waals surface area contributed by atoms with Crippen LogP contribution in [0.1, 0.15) is 19.3 Å². The van der Waals surface area contributed by atoms with Crippen molar-refractivity contribution >= 4 is 22.6 Å². The molecule has 0 unspecified atom stereocenters. The predicted molar refractivity (Wildman–Crippen MR) is 104 cm³/mol. The molecule has 1 fully saturated rings. The summed E-state index contributed by atoms with van der Waals surface area (Å²) in [6.45, 7) is 5.29. The van der Waals surface area contributed by atoms with Gasteiger partial charge in [-0.2, -0.15) is 0 Å². The number of aromatic amines is 1. The molecule has 1 aliphatic rings. The molecule has 0 bridgehead atoms. The summed E-state index contributed by atoms with van der Waals surface area (Å²) in [5.41, 5.74) is 9.46. The minimum absolute atomic E-state index is 0.0831. The van der Waals surface area contributed by atoms with E-state index in [9.17, 15) is 4.79 Å². The number of amides is 1. The number of nitrogens with one attached hydrogen (secondary N) is 1. The zero-order valence-corrected chi connectivity index (χ0v) is 14.7. The van der Waals surface area contributed by atoms with Gasteiger partial charge in [0.05, 0.1) is 11.9 Å². The Morgan fingerprint density at radius 1 is 1.23 bits per heavy atom. The number of rotatable bonds is 2. The van der Waals surface area contributed by atoms with Gasteiger partial charge < -0.3 is 15.6 Å². The average Bonchev–Trinajstić information content (AvgIpc) is 3.12. The lowest BCUT2D eigenvalue weighted by molar-refractivity contribution is -0.126. The van der Waals surface area contributed by atoms with Gasteiger partial charge in [0.25, 0.3) is 0 Å². The molecule has 4 heterocycles. The molecule has 3 aromatic rings. The second-order valence-corrected chi connectivity index (χ2v) is 6.19. The molecule has 0 saturated carbocycles. The number of nitrogens with zero attached hydrogens (tertiary/aromatic N) is 3. The molecule has 134 valence electrons. The van der Waals surface area contributed by atoms with Gasteiger partial charge in [0.2, 0.25) is 5.91 Å². The Kier molecular flexibility index (Phi) is 5.63. The molecule has 0 aliphatic carbocycles. The second-order valence-electron chi connectivity index (χ2n) is 6.19. The van der Waals surface area contributed by atoms with E-state index >= 15 is 0 Å². The fourth-order valence-corrected chi connectivity index (χ4v) is 3.03. The largest absolute Gasteiger partial charge is 0.397 e. The highest BCUT2D eigenvalue weighted by molar-refractivity contribution is 5.94. The summed E-state index contributed by atoms with van der Waals surface area (Å²) in [6.07, 6.45) is 12.1. The number of nitrogen functional groups attached to an aromatic ring is 1. The smallest absolute Gasteiger partial charge is 0.245 e. The van der Waals surface area contributed by atoms with E-state index in [1.807, 2.05) is 29.3 Å². The monoisotopic (exact) mass is 349 g/mol. The van der Waals surface area contributed by atoms with E-state index in [4.69, 9.17) is 5.73 Å². The van der Waals surface area contributed by atoms with Gasteiger partial charge in [-0.25, -0.2) is 4.98 Å². The number of likely N-dealkylation sites (tertiary alicyclic amines) is 1. The van der Waals surface area contributed by atoms with Crippen LogP contribution in [0.2, 0.25) is 0 Å². The van der Waals surface area contributed by atoms with E-state index in [1.165, 1.54) is 12.5 Å². The Morgan fingerprint density at radius 2 is 1.96 bits per heavy atom. The van der Waals surface area contributed by atoms with Gasteiger partial charge in [-0.15, -0.1) is 0 Å². The molecule has 6 nitrogen and oxygen atoms in total. The second kappa shape index (κ2) is 8.29. The Labute approximate surface area is 152 Å². The van der Waals surface area contributed by atoms with Crippen LogP contribution in [0.15, 0.2) is 55.6 Å². The van der Waals surface area contributed by atoms with E-state index in [0.29, 0.717) is 5.69 Å². The summed E-state index contributed by atoms with van der Waals surface area (Å²) in [7, 11) is 0. The zero-order chi connectivity index (χ0) is 18.4. The molecular formula is C20H23N5O. The van der Waals surface area contributed by atoms with Crippen LogP contribution in [0.25, 0.3) is 22.2 Å². The molecular weight excluding hydrogens is 326 g/mol. The summed E-state index contributed by atoms with van der Waals surface area (Å²) in [5.74, 6) is 0.0831. The van der Waals surface area contributed by atoms with Crippen LogP contribution in [-0.4, -0.2) is 38.8 Å². The van der Waals surface area contributed by atoms with E-state index in [0.717, 1.165) is 48.1 Å². The third-order valence-electron chi connectivity index (χ3n) is 4.39. The van der Waals surface area contributed by atoms with E-state index in [1.54, 1.807) is 18.6 Å². The van der Waals surface area contributed by atoms with Gasteiger partial charge in [0.1, 0.15) is 5.65 Å². The maximum Gasteiger partial charge on any atom is 0.245 e. The van der Waals surface area contributed by atoms with Crippen molar-refractivity contribution in [3.63, 3.8) is 0 Å². The number of H-pyrrole nitrogens is 1. The normalized spacial score (nSPS) is 13.8. The molecule has 0 radical (unpaired) electrons. The minimum atomic E-state index is 0.0831. The number of piperidine rings is 1. The average molecular weight is 349 g/mol. The molecule has 3 N–H and O–H groups in total. The van der Waals surface area contributed by atoms with Gasteiger partial charge in [-0.3, -0.25) is 9.78 Å². The molecule has 0 aromatic carbocycles. The van der Waals surface area contributed by atoms with E-state index in [2.05, 4.69) is 21.5 Å². The van der Waals surface area contributed by atoms with Crippen molar-refractivity contribution in [1.29, 1.82) is 0 Å². The summed E-state index contributed by atoms with van der Waals surface area (Å²) in [6, 6.07) is 5.85. The minimum Gasteiger partial charge on any atom is -0.397 e. The molecule has 3 aromatic heterocycles. The van der Waals surface area contributed by atoms with Crippen molar-refractivity contribution in [2.75, 3.05) is 18.8 Å². The number of nitrogens with two attached hydrogens (primary N) is 1. The highest BCUT2D eigenvalue weighted by Crippen LogP contribution is 2.27. The fraction of sp³-hybridized carbons (Fsp3) is 0.250. The first-order chi connectivity index (χ1) is 12.7. The summed E-state index contributed by atoms with van der Waals surface area (Å²) < 4.78 is 0. The fourth-order valence-electron chi connectivity index (χ4n) is 3.03. The van der Waals surface area contributed by atoms with Crippen molar-refractivity contribution in [2.45, 2.75) is 19.3 Å². The quantitative estimate of drug-likeness (QED) is 0.694. The van der Waals surface area contributed by atoms with Crippen LogP contribution in [0.4, 0.5) is 5.69 Å². The number of fused-ring (bicyclic) bond motifs is 1. The SMILES string of the molecule is C=CC(=O)N1CCCCC1.Nc1cnc2[nH]cc(-c3ccncc3)c2c1. The van der Waals surface area contributed by atoms with Crippen LogP contribution in [-0.2, 0) is 4.79 Å². The first-order valence-electron chi connectivity index (χ1n) is 8.73. The van der Waals surface area contributed by atoms with Gasteiger partial charge in [-0.05, 0) is 49.1 Å². The lowest BCUT2D eigenvalue weighted by Gasteiger charge is -2.25. The van der Waals surface area contributed by atoms with Crippen LogP contribution < -0.4 is 5.73 Å². The number of carbonyl (C=O) groups is 1. The Bertz CT molecular complexity index is 882. The van der Waals surface area contributed by atoms with Crippen LogP contribution in [0.5, 0.6) is 0 Å². The Morgan fingerprint density at radius 3 is 2.65 bits per heavy atom. The number of pyridine rings is 2. The van der Waals surface area contributed by atoms with Crippen molar-refractivity contribution in [3.8, 4) is 11.1 Å². The third kappa shape index (κ3) is 4.08. The van der Waals surface area contributed by atoms with Crippen LogP contribution in [0, 0.1) is 0 Å². The molecule has 1 aliphatic heterocycles. The molecule has 1 saturated heterocycles. The third-order valence-corrected chi connectivity index (χ3v) is 4.39. The Balaban J connectivity index is 0.000000170. The van der Waals surface area contributed by atoms with Crippen LogP contribution in [0.3, 0.4) is 0 Å². The number of aromatic nitrogens is 3. The number of hydrogen-bond donors (Lipinski definition) is 2. The first kappa shape index (κ1) is 17.7. The molecule has 4 rings (SSSR count). The zero-order valence-electron chi connectivity index (χ0n) is 14.7. The lowest BCUT2D eigenvalue weighted by atomic mass is 10.1. The highest BCUT2D eigenvalue weighted by Gasteiger charge is 2.12. The van der Waals surface area contributed by atoms with Crippen molar-refractivity contribution in [2.24, 2.45) is 0 Å². The standard InChI is InChI=1S/C12H10N4.C8H13NO/c13-9-5-10-11(7-16-12(10)15-6-9)8-1-3-14-4-2-8;1-2-8(10)9-6-4-3-5-7-9/h1-7H,13H2,(H,15,16);2H,1,3-7H2.